The Balaban J connectivity index is 1.31. The molecule has 4 heterocycles. The molecule has 1 atom stereocenters. The summed E-state index contributed by atoms with van der Waals surface area (Å²) in [5, 5.41) is 0. The van der Waals surface area contributed by atoms with E-state index in [9.17, 15) is 0 Å². The van der Waals surface area contributed by atoms with Crippen LogP contribution in [-0.2, 0) is 0 Å². The van der Waals surface area contributed by atoms with E-state index in [1.54, 1.807) is 0 Å². The molecule has 6 aromatic rings. The summed E-state index contributed by atoms with van der Waals surface area (Å²) in [7, 11) is 0. The van der Waals surface area contributed by atoms with Gasteiger partial charge in [0.05, 0.1) is 34.5 Å². The van der Waals surface area contributed by atoms with Crippen molar-refractivity contribution in [2.24, 2.45) is 0 Å². The highest BCUT2D eigenvalue weighted by atomic mass is 15.3. The highest BCUT2D eigenvalue weighted by Crippen LogP contribution is 2.43. The minimum atomic E-state index is -0.131. The van der Waals surface area contributed by atoms with Crippen LogP contribution in [0.3, 0.4) is 0 Å². The Hall–Kier alpha value is -7.57. The van der Waals surface area contributed by atoms with Gasteiger partial charge in [-0.05, 0) is 79.3 Å². The van der Waals surface area contributed by atoms with E-state index in [2.05, 4.69) is 140 Å². The Morgan fingerprint density at radius 3 is 2.15 bits per heavy atom. The molecule has 0 saturated heterocycles. The molecule has 2 aliphatic carbocycles. The minimum Gasteiger partial charge on any atom is -0.299 e. The lowest BCUT2D eigenvalue weighted by Gasteiger charge is -2.36. The van der Waals surface area contributed by atoms with E-state index in [1.807, 2.05) is 73.7 Å². The number of nitrogens with zero attached hydrogens (tertiary/aromatic N) is 6. The van der Waals surface area contributed by atoms with Crippen molar-refractivity contribution in [1.29, 1.82) is 0 Å². The van der Waals surface area contributed by atoms with E-state index in [-0.39, 0.29) is 6.04 Å². The standard InChI is InChI=1S/C54H44N6/c1-4-5-11-21-37(2)47-33-43(34-48(55-47)39-25-14-8-15-26-39)52-57-53(44-35-49(40-23-12-6-7-13-24-40)56-50(36-44)41-27-16-9-17-28-41)59-54(58-52)60-45-30-19-10-18-29-42(32-45)46-31-20-22-38(3)51(46)60/h4-9,11-23,25-36,45H,2,10,24H2,1,3H3/b5-4-,21-11-,29-18-,30-19-. The first-order valence-corrected chi connectivity index (χ1v) is 20.4. The summed E-state index contributed by atoms with van der Waals surface area (Å²) in [5.41, 5.74) is 13.3. The molecular formula is C54H44N6. The van der Waals surface area contributed by atoms with Crippen LogP contribution in [-0.4, -0.2) is 31.0 Å². The van der Waals surface area contributed by atoms with Crippen LogP contribution in [0.15, 0.2) is 195 Å². The van der Waals surface area contributed by atoms with E-state index in [4.69, 9.17) is 24.9 Å². The Bertz CT molecular complexity index is 2850. The number of para-hydroxylation sites is 1. The van der Waals surface area contributed by atoms with Gasteiger partial charge in [0.2, 0.25) is 5.95 Å². The normalized spacial score (nSPS) is 16.8. The monoisotopic (exact) mass is 776 g/mol. The number of allylic oxidation sites excluding steroid dienone is 15. The molecule has 3 aromatic heterocycles. The molecule has 3 aliphatic rings. The third kappa shape index (κ3) is 7.96. The van der Waals surface area contributed by atoms with Gasteiger partial charge in [-0.25, -0.2) is 15.0 Å². The van der Waals surface area contributed by atoms with Gasteiger partial charge in [-0.15, -0.1) is 0 Å². The van der Waals surface area contributed by atoms with E-state index >= 15 is 0 Å². The molecule has 60 heavy (non-hydrogen) atoms. The van der Waals surface area contributed by atoms with Gasteiger partial charge in [0.15, 0.2) is 11.6 Å². The largest absolute Gasteiger partial charge is 0.299 e. The van der Waals surface area contributed by atoms with Crippen LogP contribution in [0.4, 0.5) is 11.6 Å². The maximum atomic E-state index is 5.42. The number of aryl methyl sites for hydroxylation is 1. The highest BCUT2D eigenvalue weighted by molar-refractivity contribution is 5.91. The Labute approximate surface area is 352 Å². The number of anilines is 2. The van der Waals surface area contributed by atoms with Gasteiger partial charge in [0, 0.05) is 27.8 Å². The van der Waals surface area contributed by atoms with Gasteiger partial charge in [0.25, 0.3) is 0 Å². The molecular weight excluding hydrogens is 733 g/mol. The van der Waals surface area contributed by atoms with Crippen molar-refractivity contribution < 1.29 is 0 Å². The lowest BCUT2D eigenvalue weighted by molar-refractivity contribution is 0.861. The first kappa shape index (κ1) is 38.0. The van der Waals surface area contributed by atoms with Gasteiger partial charge in [-0.1, -0.05) is 164 Å². The summed E-state index contributed by atoms with van der Waals surface area (Å²) in [6.45, 7) is 8.57. The molecule has 0 spiro atoms. The van der Waals surface area contributed by atoms with Gasteiger partial charge in [-0.2, -0.15) is 9.97 Å². The maximum Gasteiger partial charge on any atom is 0.234 e. The van der Waals surface area contributed by atoms with Gasteiger partial charge in [-0.3, -0.25) is 4.90 Å². The van der Waals surface area contributed by atoms with Crippen molar-refractivity contribution in [3.05, 3.63) is 217 Å². The van der Waals surface area contributed by atoms with Gasteiger partial charge >= 0.3 is 0 Å². The fourth-order valence-corrected chi connectivity index (χ4v) is 7.75. The predicted octanol–water partition coefficient (Wildman–Crippen LogP) is 13.1. The third-order valence-electron chi connectivity index (χ3n) is 10.7. The number of hydrogen-bond acceptors (Lipinski definition) is 6. The molecule has 1 aliphatic heterocycles. The summed E-state index contributed by atoms with van der Waals surface area (Å²) in [4.78, 5) is 28.8. The molecule has 0 radical (unpaired) electrons. The van der Waals surface area contributed by atoms with Crippen LogP contribution >= 0.6 is 0 Å². The second-order valence-corrected chi connectivity index (χ2v) is 14.9. The second-order valence-electron chi connectivity index (χ2n) is 14.9. The summed E-state index contributed by atoms with van der Waals surface area (Å²) in [5.74, 6) is 1.62. The zero-order valence-electron chi connectivity index (χ0n) is 33.8. The SMILES string of the molecule is C=C(/C=C\C=C/C)c1cc(-c2nc(-c3cc(C4=CC=CC=CC4)nc(-c4ccccc4)c3)nc(N3c4c(C)cccc4C4=CC3/C=C\C/C=C\4)n2)cc(-c2ccccc2)n1. The molecule has 6 heteroatoms. The first-order valence-electron chi connectivity index (χ1n) is 20.4. The number of benzene rings is 3. The van der Waals surface area contributed by atoms with Crippen LogP contribution in [0.2, 0.25) is 0 Å². The van der Waals surface area contributed by atoms with Crippen LogP contribution in [0.1, 0.15) is 42.3 Å². The Morgan fingerprint density at radius 1 is 0.683 bits per heavy atom. The predicted molar refractivity (Wildman–Crippen MR) is 249 cm³/mol. The lowest BCUT2D eigenvalue weighted by Crippen LogP contribution is -2.34. The smallest absolute Gasteiger partial charge is 0.234 e. The maximum absolute atomic E-state index is 5.42. The van der Waals surface area contributed by atoms with Crippen molar-refractivity contribution in [2.75, 3.05) is 4.90 Å². The fourth-order valence-electron chi connectivity index (χ4n) is 7.75. The average Bonchev–Trinajstić information content (AvgIpc) is 3.58. The van der Waals surface area contributed by atoms with Crippen LogP contribution in [0, 0.1) is 6.92 Å². The molecule has 6 nitrogen and oxygen atoms in total. The van der Waals surface area contributed by atoms with E-state index in [0.717, 1.165) is 85.8 Å². The van der Waals surface area contributed by atoms with Crippen molar-refractivity contribution in [1.82, 2.24) is 24.9 Å². The molecule has 0 fully saturated rings. The number of hydrogen-bond donors (Lipinski definition) is 0. The quantitative estimate of drug-likeness (QED) is 0.108. The molecule has 1 unspecified atom stereocenters. The molecule has 290 valence electrons. The van der Waals surface area contributed by atoms with Crippen molar-refractivity contribution in [3.8, 4) is 45.3 Å². The summed E-state index contributed by atoms with van der Waals surface area (Å²) in [6.07, 6.45) is 31.2. The van der Waals surface area contributed by atoms with E-state index in [0.29, 0.717) is 17.6 Å². The molecule has 0 amide bonds. The molecule has 0 saturated carbocycles. The average molecular weight is 777 g/mol. The van der Waals surface area contributed by atoms with Gasteiger partial charge < -0.3 is 0 Å². The zero-order valence-corrected chi connectivity index (χ0v) is 33.8. The highest BCUT2D eigenvalue weighted by Gasteiger charge is 2.31. The van der Waals surface area contributed by atoms with Crippen molar-refractivity contribution >= 4 is 28.4 Å². The summed E-state index contributed by atoms with van der Waals surface area (Å²) < 4.78 is 0. The molecule has 3 aromatic carbocycles. The topological polar surface area (TPSA) is 67.7 Å². The Morgan fingerprint density at radius 2 is 1.40 bits per heavy atom. The summed E-state index contributed by atoms with van der Waals surface area (Å²) >= 11 is 0. The first-order chi connectivity index (χ1) is 29.5. The third-order valence-corrected chi connectivity index (χ3v) is 10.7. The lowest BCUT2D eigenvalue weighted by atomic mass is 9.91. The molecule has 9 rings (SSSR count). The van der Waals surface area contributed by atoms with Crippen LogP contribution in [0.25, 0.3) is 62.0 Å². The number of fused-ring (bicyclic) bond motifs is 3. The van der Waals surface area contributed by atoms with Crippen LogP contribution < -0.4 is 4.90 Å². The van der Waals surface area contributed by atoms with E-state index in [1.165, 1.54) is 5.57 Å². The van der Waals surface area contributed by atoms with Crippen LogP contribution in [0.5, 0.6) is 0 Å². The van der Waals surface area contributed by atoms with Crippen molar-refractivity contribution in [2.45, 2.75) is 32.7 Å². The number of rotatable bonds is 9. The zero-order chi connectivity index (χ0) is 40.8. The second kappa shape index (κ2) is 17.1. The number of aromatic nitrogens is 5. The fraction of sp³-hybridized carbons (Fsp3) is 0.0926. The van der Waals surface area contributed by atoms with Crippen molar-refractivity contribution in [3.63, 3.8) is 0 Å². The molecule has 0 N–H and O–H groups in total. The van der Waals surface area contributed by atoms with E-state index < -0.39 is 0 Å². The summed E-state index contributed by atoms with van der Waals surface area (Å²) in [6, 6.07) is 35.2. The minimum absolute atomic E-state index is 0.131. The Kier molecular flexibility index (Phi) is 10.8. The molecule has 2 bridgehead atoms. The van der Waals surface area contributed by atoms with Gasteiger partial charge in [0.1, 0.15) is 0 Å². The number of pyridine rings is 2.